The van der Waals surface area contributed by atoms with Gasteiger partial charge >= 0.3 is 5.97 Å². The van der Waals surface area contributed by atoms with Crippen molar-refractivity contribution in [2.24, 2.45) is 0 Å². The van der Waals surface area contributed by atoms with Crippen molar-refractivity contribution in [1.29, 1.82) is 0 Å². The Balaban J connectivity index is 2.21. The molecule has 0 spiro atoms. The second-order valence-corrected chi connectivity index (χ2v) is 8.18. The summed E-state index contributed by atoms with van der Waals surface area (Å²) in [5.74, 6) is -0.495. The molecule has 2 N–H and O–H groups in total. The molecule has 170 valence electrons. The van der Waals surface area contributed by atoms with E-state index < -0.39 is 5.97 Å². The van der Waals surface area contributed by atoms with E-state index in [0.29, 0.717) is 28.0 Å². The predicted octanol–water partition coefficient (Wildman–Crippen LogP) is 6.74. The first-order valence-corrected chi connectivity index (χ1v) is 10.8. The molecule has 0 aliphatic heterocycles. The Morgan fingerprint density at radius 2 is 1.88 bits per heavy atom. The van der Waals surface area contributed by atoms with Crippen molar-refractivity contribution in [1.82, 2.24) is 0 Å². The van der Waals surface area contributed by atoms with Gasteiger partial charge < -0.3 is 14.8 Å². The van der Waals surface area contributed by atoms with Crippen LogP contribution in [0.5, 0.6) is 0 Å². The van der Waals surface area contributed by atoms with Gasteiger partial charge in [0.2, 0.25) is 0 Å². The summed E-state index contributed by atoms with van der Waals surface area (Å²) in [6, 6.07) is 8.74. The second kappa shape index (κ2) is 9.74. The van der Waals surface area contributed by atoms with Gasteiger partial charge in [0.15, 0.2) is 5.43 Å². The molecule has 0 aliphatic rings. The van der Waals surface area contributed by atoms with Crippen LogP contribution in [0, 0.1) is 20.8 Å². The summed E-state index contributed by atoms with van der Waals surface area (Å²) in [6.07, 6.45) is 7.20. The summed E-state index contributed by atoms with van der Waals surface area (Å²) in [6.45, 7) is 13.1. The van der Waals surface area contributed by atoms with E-state index in [9.17, 15) is 14.7 Å². The van der Waals surface area contributed by atoms with E-state index in [4.69, 9.17) is 4.42 Å². The number of aryl methyl sites for hydroxylation is 2. The topological polar surface area (TPSA) is 79.5 Å². The van der Waals surface area contributed by atoms with Gasteiger partial charge in [-0.15, -0.1) is 0 Å². The van der Waals surface area contributed by atoms with Crippen LogP contribution in [0.1, 0.15) is 58.3 Å². The van der Waals surface area contributed by atoms with E-state index in [0.717, 1.165) is 22.3 Å². The fraction of sp³-hybridized carbons (Fsp3) is 0.214. The van der Waals surface area contributed by atoms with Crippen LogP contribution in [-0.2, 0) is 0 Å². The molecule has 0 aliphatic carbocycles. The minimum atomic E-state index is -1.00. The summed E-state index contributed by atoms with van der Waals surface area (Å²) in [4.78, 5) is 25.0. The molecule has 0 saturated heterocycles. The van der Waals surface area contributed by atoms with Crippen molar-refractivity contribution < 1.29 is 14.3 Å². The molecule has 5 heteroatoms. The lowest BCUT2D eigenvalue weighted by atomic mass is 9.98. The number of rotatable bonds is 7. The lowest BCUT2D eigenvalue weighted by Gasteiger charge is -2.20. The fourth-order valence-corrected chi connectivity index (χ4v) is 3.91. The highest BCUT2D eigenvalue weighted by Crippen LogP contribution is 2.32. The Labute approximate surface area is 193 Å². The van der Waals surface area contributed by atoms with Gasteiger partial charge in [0.25, 0.3) is 0 Å². The number of allylic oxidation sites excluding steroid dienone is 5. The Hall–Kier alpha value is -3.86. The van der Waals surface area contributed by atoms with E-state index in [1.165, 1.54) is 0 Å². The summed E-state index contributed by atoms with van der Waals surface area (Å²) in [5, 5.41) is 13.4. The largest absolute Gasteiger partial charge is 0.478 e. The van der Waals surface area contributed by atoms with Gasteiger partial charge in [0.05, 0.1) is 17.0 Å². The molecule has 33 heavy (non-hydrogen) atoms. The number of hydrogen-bond donors (Lipinski definition) is 2. The number of hydrogen-bond acceptors (Lipinski definition) is 4. The highest BCUT2D eigenvalue weighted by Gasteiger charge is 2.20. The van der Waals surface area contributed by atoms with Crippen molar-refractivity contribution in [3.8, 4) is 0 Å². The molecule has 0 bridgehead atoms. The lowest BCUT2D eigenvalue weighted by Crippen LogP contribution is -2.14. The number of carboxylic acids is 1. The number of benzene rings is 2. The number of anilines is 1. The Kier molecular flexibility index (Phi) is 7.02. The van der Waals surface area contributed by atoms with Crippen LogP contribution in [0.2, 0.25) is 0 Å². The summed E-state index contributed by atoms with van der Waals surface area (Å²) < 4.78 is 6.36. The third-order valence-corrected chi connectivity index (χ3v) is 5.62. The summed E-state index contributed by atoms with van der Waals surface area (Å²) >= 11 is 0. The molecule has 0 fully saturated rings. The van der Waals surface area contributed by atoms with Crippen LogP contribution in [0.15, 0.2) is 70.4 Å². The van der Waals surface area contributed by atoms with Crippen LogP contribution in [0.25, 0.3) is 16.5 Å². The van der Waals surface area contributed by atoms with E-state index in [-0.39, 0.29) is 17.0 Å². The molecule has 1 aromatic heterocycles. The van der Waals surface area contributed by atoms with E-state index in [1.807, 2.05) is 58.0 Å². The smallest absolute Gasteiger partial charge is 0.337 e. The first-order chi connectivity index (χ1) is 15.7. The van der Waals surface area contributed by atoms with Crippen molar-refractivity contribution in [3.63, 3.8) is 0 Å². The van der Waals surface area contributed by atoms with E-state index >= 15 is 0 Å². The number of carbonyl (C=O) groups is 1. The molecular formula is C28H29NO4. The highest BCUT2D eigenvalue weighted by molar-refractivity contribution is 5.94. The monoisotopic (exact) mass is 443 g/mol. The highest BCUT2D eigenvalue weighted by atomic mass is 16.4. The molecule has 5 nitrogen and oxygen atoms in total. The maximum absolute atomic E-state index is 13.3. The van der Waals surface area contributed by atoms with E-state index in [1.54, 1.807) is 31.2 Å². The van der Waals surface area contributed by atoms with Crippen molar-refractivity contribution in [3.05, 3.63) is 105 Å². The molecule has 0 radical (unpaired) electrons. The zero-order valence-electron chi connectivity index (χ0n) is 19.7. The molecule has 3 rings (SSSR count). The molecule has 3 aromatic rings. The predicted molar refractivity (Wildman–Crippen MR) is 135 cm³/mol. The number of aromatic carboxylic acids is 1. The molecule has 0 saturated carbocycles. The normalized spacial score (nSPS) is 12.8. The van der Waals surface area contributed by atoms with Crippen LogP contribution in [-0.4, -0.2) is 11.1 Å². The number of fused-ring (bicyclic) bond motifs is 1. The van der Waals surface area contributed by atoms with Gasteiger partial charge in [0.1, 0.15) is 11.3 Å². The van der Waals surface area contributed by atoms with Gasteiger partial charge in [0, 0.05) is 22.4 Å². The van der Waals surface area contributed by atoms with Crippen LogP contribution in [0.4, 0.5) is 5.69 Å². The molecule has 1 atom stereocenters. The standard InChI is InChI=1S/C28H29NO4/c1-7-9-10-20(8-2)26-18(5)25(30)23-15-17(4)14-21(27(23)33-26)19(6)29-24-12-11-16(3)13-22(24)28(31)32/h7-15,19,29H,1H2,2-6H3,(H,31,32)/b10-9-,20-8+. The molecule has 2 aromatic carbocycles. The molecular weight excluding hydrogens is 414 g/mol. The fourth-order valence-electron chi connectivity index (χ4n) is 3.91. The van der Waals surface area contributed by atoms with Crippen molar-refractivity contribution in [2.75, 3.05) is 5.32 Å². The quantitative estimate of drug-likeness (QED) is 0.396. The van der Waals surface area contributed by atoms with Gasteiger partial charge in [-0.2, -0.15) is 0 Å². The third-order valence-electron chi connectivity index (χ3n) is 5.62. The van der Waals surface area contributed by atoms with Gasteiger partial charge in [-0.25, -0.2) is 4.79 Å². The van der Waals surface area contributed by atoms with Crippen LogP contribution in [0.3, 0.4) is 0 Å². The van der Waals surface area contributed by atoms with E-state index in [2.05, 4.69) is 11.9 Å². The Bertz CT molecular complexity index is 1360. The Morgan fingerprint density at radius 3 is 2.52 bits per heavy atom. The molecule has 1 heterocycles. The minimum Gasteiger partial charge on any atom is -0.478 e. The summed E-state index contributed by atoms with van der Waals surface area (Å²) in [5.41, 5.74) is 4.99. The maximum Gasteiger partial charge on any atom is 0.337 e. The zero-order valence-corrected chi connectivity index (χ0v) is 19.7. The molecule has 1 unspecified atom stereocenters. The minimum absolute atomic E-state index is 0.0867. The first-order valence-electron chi connectivity index (χ1n) is 10.8. The number of carboxylic acid groups (broad SMARTS) is 1. The zero-order chi connectivity index (χ0) is 24.3. The summed E-state index contributed by atoms with van der Waals surface area (Å²) in [7, 11) is 0. The Morgan fingerprint density at radius 1 is 1.15 bits per heavy atom. The van der Waals surface area contributed by atoms with Crippen LogP contribution >= 0.6 is 0 Å². The van der Waals surface area contributed by atoms with Gasteiger partial charge in [-0.3, -0.25) is 4.79 Å². The second-order valence-electron chi connectivity index (χ2n) is 8.18. The average molecular weight is 444 g/mol. The first kappa shape index (κ1) is 23.8. The number of nitrogens with one attached hydrogen (secondary N) is 1. The van der Waals surface area contributed by atoms with Crippen molar-refractivity contribution in [2.45, 2.75) is 40.7 Å². The van der Waals surface area contributed by atoms with Gasteiger partial charge in [-0.1, -0.05) is 48.6 Å². The SMILES string of the molecule is C=C/C=C\C(=C/C)c1oc2c(C(C)Nc3ccc(C)cc3C(=O)O)cc(C)cc2c(=O)c1C. The third kappa shape index (κ3) is 4.82. The van der Waals surface area contributed by atoms with Gasteiger partial charge in [-0.05, 0) is 58.4 Å². The lowest BCUT2D eigenvalue weighted by molar-refractivity contribution is 0.0697. The maximum atomic E-state index is 13.3. The van der Waals surface area contributed by atoms with Crippen LogP contribution < -0.4 is 10.7 Å². The molecule has 0 amide bonds. The average Bonchev–Trinajstić information content (AvgIpc) is 2.78. The van der Waals surface area contributed by atoms with Crippen molar-refractivity contribution >= 4 is 28.2 Å².